The van der Waals surface area contributed by atoms with Crippen molar-refractivity contribution in [3.63, 3.8) is 0 Å². The number of phenols is 3. The van der Waals surface area contributed by atoms with Crippen molar-refractivity contribution in [2.75, 3.05) is 6.61 Å². The zero-order valence-corrected chi connectivity index (χ0v) is 21.9. The van der Waals surface area contributed by atoms with Gasteiger partial charge >= 0.3 is 0 Å². The van der Waals surface area contributed by atoms with E-state index in [4.69, 9.17) is 23.4 Å². The SMILES string of the molecule is C[C@@H]1O[C@@H](OC[C@@H]2O[C@@H](Oc3cc(O)c4c(=O)cc(-c5ccc(O)c(O)c5)oc4c3)[C@H](O)[C@@H](O)[C@@H]2O)[C@H](O)[C@H](O)[C@H]1O. The largest absolute Gasteiger partial charge is 0.507 e. The average Bonchev–Trinajstić information content (AvgIpc) is 2.95. The average molecular weight is 595 g/mol. The van der Waals surface area contributed by atoms with Gasteiger partial charge < -0.3 is 69.3 Å². The molecule has 15 heteroatoms. The Kier molecular flexibility index (Phi) is 8.30. The normalized spacial score (nSPS) is 33.5. The Hall–Kier alpha value is -3.51. The highest BCUT2D eigenvalue weighted by molar-refractivity contribution is 5.86. The molecule has 3 aromatic rings. The van der Waals surface area contributed by atoms with E-state index >= 15 is 0 Å². The molecule has 42 heavy (non-hydrogen) atoms. The summed E-state index contributed by atoms with van der Waals surface area (Å²) in [4.78, 5) is 12.7. The monoisotopic (exact) mass is 594 g/mol. The molecule has 0 radical (unpaired) electrons. The van der Waals surface area contributed by atoms with Crippen LogP contribution >= 0.6 is 0 Å². The van der Waals surface area contributed by atoms with Gasteiger partial charge in [0, 0.05) is 23.8 Å². The first-order valence-electron chi connectivity index (χ1n) is 12.9. The molecule has 0 saturated carbocycles. The fraction of sp³-hybridized carbons (Fsp3) is 0.444. The molecule has 10 atom stereocenters. The Morgan fingerprint density at radius 2 is 1.43 bits per heavy atom. The van der Waals surface area contributed by atoms with E-state index in [9.17, 15) is 50.8 Å². The van der Waals surface area contributed by atoms with Crippen LogP contribution in [0.4, 0.5) is 0 Å². The third kappa shape index (κ3) is 5.61. The molecule has 3 heterocycles. The number of rotatable bonds is 6. The maximum absolute atomic E-state index is 12.7. The van der Waals surface area contributed by atoms with Gasteiger partial charge in [-0.2, -0.15) is 0 Å². The second-order valence-corrected chi connectivity index (χ2v) is 10.1. The van der Waals surface area contributed by atoms with Crippen molar-refractivity contribution in [3.8, 4) is 34.3 Å². The highest BCUT2D eigenvalue weighted by Crippen LogP contribution is 2.35. The van der Waals surface area contributed by atoms with Crippen LogP contribution < -0.4 is 10.2 Å². The second kappa shape index (κ2) is 11.6. The number of aliphatic hydroxyl groups is 6. The lowest BCUT2D eigenvalue weighted by molar-refractivity contribution is -0.318. The fourth-order valence-electron chi connectivity index (χ4n) is 4.76. The van der Waals surface area contributed by atoms with Crippen molar-refractivity contribution in [2.45, 2.75) is 68.3 Å². The van der Waals surface area contributed by atoms with Gasteiger partial charge in [0.05, 0.1) is 12.7 Å². The van der Waals surface area contributed by atoms with Crippen LogP contribution in [0.25, 0.3) is 22.3 Å². The van der Waals surface area contributed by atoms with Crippen molar-refractivity contribution in [2.24, 2.45) is 0 Å². The molecule has 0 unspecified atom stereocenters. The van der Waals surface area contributed by atoms with Gasteiger partial charge in [0.25, 0.3) is 0 Å². The van der Waals surface area contributed by atoms with Gasteiger partial charge in [-0.3, -0.25) is 4.79 Å². The van der Waals surface area contributed by atoms with Crippen molar-refractivity contribution >= 4 is 11.0 Å². The smallest absolute Gasteiger partial charge is 0.229 e. The van der Waals surface area contributed by atoms with Gasteiger partial charge in [0.1, 0.15) is 71.0 Å². The third-order valence-electron chi connectivity index (χ3n) is 7.20. The van der Waals surface area contributed by atoms with Crippen LogP contribution in [0.15, 0.2) is 45.6 Å². The lowest BCUT2D eigenvalue weighted by atomic mass is 9.98. The van der Waals surface area contributed by atoms with E-state index in [1.54, 1.807) is 0 Å². The summed E-state index contributed by atoms with van der Waals surface area (Å²) in [6, 6.07) is 7.09. The predicted octanol–water partition coefficient (Wildman–Crippen LogP) is -1.39. The topological polar surface area (TPSA) is 249 Å². The molecule has 1 aromatic heterocycles. The summed E-state index contributed by atoms with van der Waals surface area (Å²) in [5.74, 6) is -1.56. The zero-order valence-electron chi connectivity index (χ0n) is 21.9. The van der Waals surface area contributed by atoms with E-state index in [2.05, 4.69) is 0 Å². The minimum absolute atomic E-state index is 0.0110. The van der Waals surface area contributed by atoms with Crippen molar-refractivity contribution in [3.05, 3.63) is 46.6 Å². The second-order valence-electron chi connectivity index (χ2n) is 10.1. The van der Waals surface area contributed by atoms with E-state index in [1.165, 1.54) is 31.2 Å². The molecule has 0 spiro atoms. The van der Waals surface area contributed by atoms with E-state index in [0.29, 0.717) is 0 Å². The van der Waals surface area contributed by atoms with Crippen molar-refractivity contribution < 1.29 is 69.3 Å². The minimum atomic E-state index is -1.79. The number of benzene rings is 2. The number of ether oxygens (including phenoxy) is 4. The third-order valence-corrected chi connectivity index (χ3v) is 7.20. The van der Waals surface area contributed by atoms with E-state index < -0.39 is 84.9 Å². The maximum Gasteiger partial charge on any atom is 0.229 e. The maximum atomic E-state index is 12.7. The highest BCUT2D eigenvalue weighted by atomic mass is 16.7. The molecule has 15 nitrogen and oxygen atoms in total. The van der Waals surface area contributed by atoms with E-state index in [-0.39, 0.29) is 33.8 Å². The summed E-state index contributed by atoms with van der Waals surface area (Å²) in [6.45, 7) is 0.938. The molecule has 2 fully saturated rings. The number of hydrogen-bond donors (Lipinski definition) is 9. The first-order chi connectivity index (χ1) is 19.8. The van der Waals surface area contributed by atoms with E-state index in [0.717, 1.165) is 12.1 Å². The van der Waals surface area contributed by atoms with Gasteiger partial charge in [-0.05, 0) is 25.1 Å². The summed E-state index contributed by atoms with van der Waals surface area (Å²) < 4.78 is 27.8. The lowest BCUT2D eigenvalue weighted by Crippen LogP contribution is -2.61. The molecule has 2 aliphatic heterocycles. The summed E-state index contributed by atoms with van der Waals surface area (Å²) in [7, 11) is 0. The first kappa shape index (κ1) is 30.0. The van der Waals surface area contributed by atoms with Crippen LogP contribution in [0.5, 0.6) is 23.0 Å². The van der Waals surface area contributed by atoms with Crippen LogP contribution in [0.3, 0.4) is 0 Å². The number of hydrogen-bond acceptors (Lipinski definition) is 15. The molecule has 0 amide bonds. The van der Waals surface area contributed by atoms with Gasteiger partial charge in [-0.1, -0.05) is 0 Å². The Morgan fingerprint density at radius 3 is 2.14 bits per heavy atom. The van der Waals surface area contributed by atoms with Crippen molar-refractivity contribution in [1.82, 2.24) is 0 Å². The number of fused-ring (bicyclic) bond motifs is 1. The summed E-state index contributed by atoms with van der Waals surface area (Å²) in [5.41, 5.74) is -0.541. The Balaban J connectivity index is 1.36. The minimum Gasteiger partial charge on any atom is -0.507 e. The van der Waals surface area contributed by atoms with Crippen LogP contribution in [-0.4, -0.2) is 114 Å². The molecule has 228 valence electrons. The van der Waals surface area contributed by atoms with Crippen LogP contribution in [0, 0.1) is 0 Å². The Morgan fingerprint density at radius 1 is 0.738 bits per heavy atom. The van der Waals surface area contributed by atoms with Crippen LogP contribution in [0.1, 0.15) is 6.92 Å². The molecule has 2 aliphatic rings. The van der Waals surface area contributed by atoms with Gasteiger partial charge in [0.2, 0.25) is 6.29 Å². The molecule has 9 N–H and O–H groups in total. The number of aliphatic hydroxyl groups excluding tert-OH is 6. The quantitative estimate of drug-likeness (QED) is 0.149. The molecule has 2 aromatic carbocycles. The lowest BCUT2D eigenvalue weighted by Gasteiger charge is -2.42. The van der Waals surface area contributed by atoms with Gasteiger partial charge in [0.15, 0.2) is 23.2 Å². The van der Waals surface area contributed by atoms with Gasteiger partial charge in [-0.25, -0.2) is 0 Å². The number of phenolic OH excluding ortho intramolecular Hbond substituents is 3. The summed E-state index contributed by atoms with van der Waals surface area (Å²) in [6.07, 6.45) is -15.1. The highest BCUT2D eigenvalue weighted by Gasteiger charge is 2.47. The molecule has 0 aliphatic carbocycles. The molecule has 5 rings (SSSR count). The molecular weight excluding hydrogens is 564 g/mol. The molecule has 2 saturated heterocycles. The summed E-state index contributed by atoms with van der Waals surface area (Å²) >= 11 is 0. The van der Waals surface area contributed by atoms with Crippen LogP contribution in [-0.2, 0) is 14.2 Å². The first-order valence-corrected chi connectivity index (χ1v) is 12.9. The van der Waals surface area contributed by atoms with Crippen LogP contribution in [0.2, 0.25) is 0 Å². The number of aromatic hydroxyl groups is 3. The fourth-order valence-corrected chi connectivity index (χ4v) is 4.76. The molecule has 0 bridgehead atoms. The predicted molar refractivity (Wildman–Crippen MR) is 139 cm³/mol. The van der Waals surface area contributed by atoms with Crippen molar-refractivity contribution in [1.29, 1.82) is 0 Å². The van der Waals surface area contributed by atoms with E-state index in [1.807, 2.05) is 0 Å². The Bertz CT molecular complexity index is 1490. The Labute approximate surface area is 236 Å². The standard InChI is InChI=1S/C27H30O15/c1-9-20(32)22(34)24(36)26(39-9)38-8-18-21(33)23(35)25(37)27(42-18)40-11-5-14(30)19-15(31)7-16(41-17(19)6-11)10-2-3-12(28)13(29)4-10/h2-7,9,18,20-30,32-37H,8H2,1H3/t9-,18-,20-,21+,22+,23-,24+,25+,26+,27+/m0/s1. The molecular formula is C27H30O15. The zero-order chi connectivity index (χ0) is 30.5. The van der Waals surface area contributed by atoms with Gasteiger partial charge in [-0.15, -0.1) is 0 Å². The summed E-state index contributed by atoms with van der Waals surface area (Å²) in [5, 5.41) is 91.0.